The summed E-state index contributed by atoms with van der Waals surface area (Å²) in [5.41, 5.74) is -0.209. The molecule has 0 unspecified atom stereocenters. The van der Waals surface area contributed by atoms with Gasteiger partial charge in [-0.05, 0) is 32.3 Å². The van der Waals surface area contributed by atoms with Gasteiger partial charge in [-0.2, -0.15) is 0 Å². The predicted octanol–water partition coefficient (Wildman–Crippen LogP) is 3.22. The minimum Gasteiger partial charge on any atom is -0.486 e. The van der Waals surface area contributed by atoms with Gasteiger partial charge in [0.05, 0.1) is 0 Å². The Hall–Kier alpha value is -1.54. The molecule has 0 amide bonds. The van der Waals surface area contributed by atoms with Crippen LogP contribution < -0.4 is 10.1 Å². The summed E-state index contributed by atoms with van der Waals surface area (Å²) < 4.78 is 6.09. The Kier molecular flexibility index (Phi) is 3.34. The number of likely N-dealkylation sites (N-methyl/N-ethyl adjacent to an activating group) is 1. The highest BCUT2D eigenvalue weighted by Gasteiger charge is 2.19. The maximum Gasteiger partial charge on any atom is 0.128 e. The highest BCUT2D eigenvalue weighted by atomic mass is 16.5. The summed E-state index contributed by atoms with van der Waals surface area (Å²) in [6.45, 7) is 4.99. The lowest BCUT2D eigenvalue weighted by Gasteiger charge is -2.27. The highest BCUT2D eigenvalue weighted by Crippen LogP contribution is 2.28. The number of fused-ring (bicyclic) bond motifs is 1. The lowest BCUT2D eigenvalue weighted by molar-refractivity contribution is 0.112. The average molecular weight is 229 g/mol. The molecular formula is C15H19NO. The van der Waals surface area contributed by atoms with Gasteiger partial charge in [-0.25, -0.2) is 0 Å². The van der Waals surface area contributed by atoms with Gasteiger partial charge in [0, 0.05) is 11.9 Å². The average Bonchev–Trinajstić information content (AvgIpc) is 2.29. The second-order valence-corrected chi connectivity index (χ2v) is 4.87. The van der Waals surface area contributed by atoms with Crippen molar-refractivity contribution in [3.8, 4) is 5.75 Å². The van der Waals surface area contributed by atoms with Crippen molar-refractivity contribution in [1.82, 2.24) is 5.32 Å². The van der Waals surface area contributed by atoms with Gasteiger partial charge >= 0.3 is 0 Å². The minimum absolute atomic E-state index is 0.209. The van der Waals surface area contributed by atoms with Gasteiger partial charge in [0.25, 0.3) is 0 Å². The molecule has 0 spiro atoms. The zero-order valence-corrected chi connectivity index (χ0v) is 10.7. The van der Waals surface area contributed by atoms with Gasteiger partial charge < -0.3 is 10.1 Å². The van der Waals surface area contributed by atoms with E-state index in [1.165, 1.54) is 10.8 Å². The maximum absolute atomic E-state index is 6.09. The van der Waals surface area contributed by atoms with Crippen LogP contribution in [0.3, 0.4) is 0 Å². The molecule has 2 aromatic rings. The van der Waals surface area contributed by atoms with Crippen molar-refractivity contribution in [2.24, 2.45) is 0 Å². The first-order chi connectivity index (χ1) is 8.12. The molecule has 0 aliphatic heterocycles. The van der Waals surface area contributed by atoms with Crippen molar-refractivity contribution in [3.05, 3.63) is 42.5 Å². The van der Waals surface area contributed by atoms with Gasteiger partial charge in [0.1, 0.15) is 11.4 Å². The molecule has 0 fully saturated rings. The standard InChI is InChI=1S/C15H19NO/c1-15(2,11-16-3)17-14-10-6-8-12-7-4-5-9-13(12)14/h4-10,16H,11H2,1-3H3. The molecule has 0 saturated heterocycles. The first-order valence-electron chi connectivity index (χ1n) is 5.94. The molecule has 2 rings (SSSR count). The molecule has 0 aliphatic carbocycles. The summed E-state index contributed by atoms with van der Waals surface area (Å²) in [4.78, 5) is 0. The fourth-order valence-electron chi connectivity index (χ4n) is 2.04. The number of hydrogen-bond acceptors (Lipinski definition) is 2. The van der Waals surface area contributed by atoms with E-state index in [0.29, 0.717) is 0 Å². The third-order valence-corrected chi connectivity index (χ3v) is 2.74. The second kappa shape index (κ2) is 4.76. The van der Waals surface area contributed by atoms with E-state index in [0.717, 1.165) is 12.3 Å². The molecule has 0 bridgehead atoms. The molecule has 0 saturated carbocycles. The van der Waals surface area contributed by atoms with Crippen molar-refractivity contribution in [3.63, 3.8) is 0 Å². The van der Waals surface area contributed by atoms with Crippen LogP contribution >= 0.6 is 0 Å². The Morgan fingerprint density at radius 2 is 1.76 bits per heavy atom. The maximum atomic E-state index is 6.09. The fourth-order valence-corrected chi connectivity index (χ4v) is 2.04. The summed E-state index contributed by atoms with van der Waals surface area (Å²) in [6.07, 6.45) is 0. The van der Waals surface area contributed by atoms with Crippen LogP contribution in [0.2, 0.25) is 0 Å². The minimum atomic E-state index is -0.209. The second-order valence-electron chi connectivity index (χ2n) is 4.87. The third-order valence-electron chi connectivity index (χ3n) is 2.74. The smallest absolute Gasteiger partial charge is 0.128 e. The monoisotopic (exact) mass is 229 g/mol. The summed E-state index contributed by atoms with van der Waals surface area (Å²) >= 11 is 0. The summed E-state index contributed by atoms with van der Waals surface area (Å²) in [6, 6.07) is 14.5. The van der Waals surface area contributed by atoms with E-state index in [1.54, 1.807) is 0 Å². The zero-order chi connectivity index (χ0) is 12.3. The number of benzene rings is 2. The Balaban J connectivity index is 2.36. The predicted molar refractivity (Wildman–Crippen MR) is 72.6 cm³/mol. The molecule has 2 nitrogen and oxygen atoms in total. The fraction of sp³-hybridized carbons (Fsp3) is 0.333. The van der Waals surface area contributed by atoms with Crippen LogP contribution in [0.5, 0.6) is 5.75 Å². The van der Waals surface area contributed by atoms with Crippen molar-refractivity contribution in [1.29, 1.82) is 0 Å². The lowest BCUT2D eigenvalue weighted by atomic mass is 10.1. The van der Waals surface area contributed by atoms with Gasteiger partial charge in [0.15, 0.2) is 0 Å². The van der Waals surface area contributed by atoms with E-state index in [-0.39, 0.29) is 5.60 Å². The molecule has 2 heteroatoms. The van der Waals surface area contributed by atoms with E-state index in [9.17, 15) is 0 Å². The van der Waals surface area contributed by atoms with Gasteiger partial charge in [-0.15, -0.1) is 0 Å². The van der Waals surface area contributed by atoms with Crippen molar-refractivity contribution >= 4 is 10.8 Å². The number of rotatable bonds is 4. The van der Waals surface area contributed by atoms with Gasteiger partial charge in [-0.1, -0.05) is 36.4 Å². The molecule has 2 aromatic carbocycles. The Labute approximate surface area is 103 Å². The van der Waals surface area contributed by atoms with Crippen LogP contribution in [-0.4, -0.2) is 19.2 Å². The van der Waals surface area contributed by atoms with Crippen molar-refractivity contribution in [2.75, 3.05) is 13.6 Å². The van der Waals surface area contributed by atoms with E-state index in [4.69, 9.17) is 4.74 Å². The number of hydrogen-bond donors (Lipinski definition) is 1. The van der Waals surface area contributed by atoms with Gasteiger partial charge in [0.2, 0.25) is 0 Å². The van der Waals surface area contributed by atoms with Crippen LogP contribution in [0.1, 0.15) is 13.8 Å². The van der Waals surface area contributed by atoms with Crippen LogP contribution in [0.25, 0.3) is 10.8 Å². The first-order valence-corrected chi connectivity index (χ1v) is 5.94. The topological polar surface area (TPSA) is 21.3 Å². The van der Waals surface area contributed by atoms with Crippen LogP contribution in [-0.2, 0) is 0 Å². The molecule has 1 N–H and O–H groups in total. The molecule has 0 radical (unpaired) electrons. The van der Waals surface area contributed by atoms with Crippen LogP contribution in [0.4, 0.5) is 0 Å². The van der Waals surface area contributed by atoms with Gasteiger partial charge in [-0.3, -0.25) is 0 Å². The van der Waals surface area contributed by atoms with E-state index >= 15 is 0 Å². The van der Waals surface area contributed by atoms with E-state index in [2.05, 4.69) is 37.4 Å². The molecule has 0 aliphatic rings. The lowest BCUT2D eigenvalue weighted by Crippen LogP contribution is -2.38. The zero-order valence-electron chi connectivity index (χ0n) is 10.7. The van der Waals surface area contributed by atoms with Crippen molar-refractivity contribution < 1.29 is 4.74 Å². The molecule has 0 aromatic heterocycles. The van der Waals surface area contributed by atoms with Crippen molar-refractivity contribution in [2.45, 2.75) is 19.4 Å². The molecule has 90 valence electrons. The largest absolute Gasteiger partial charge is 0.486 e. The Morgan fingerprint density at radius 1 is 1.06 bits per heavy atom. The first kappa shape index (κ1) is 11.9. The summed E-state index contributed by atoms with van der Waals surface area (Å²) in [5.74, 6) is 0.948. The highest BCUT2D eigenvalue weighted by molar-refractivity contribution is 5.88. The van der Waals surface area contributed by atoms with Crippen LogP contribution in [0, 0.1) is 0 Å². The SMILES string of the molecule is CNCC(C)(C)Oc1cccc2ccccc12. The number of nitrogens with one attached hydrogen (secondary N) is 1. The number of ether oxygens (including phenoxy) is 1. The quantitative estimate of drug-likeness (QED) is 0.869. The normalized spacial score (nSPS) is 11.7. The Bertz CT molecular complexity index is 500. The molecule has 0 atom stereocenters. The van der Waals surface area contributed by atoms with Crippen LogP contribution in [0.15, 0.2) is 42.5 Å². The third kappa shape index (κ3) is 2.77. The van der Waals surface area contributed by atoms with E-state index < -0.39 is 0 Å². The summed E-state index contributed by atoms with van der Waals surface area (Å²) in [5, 5.41) is 5.53. The van der Waals surface area contributed by atoms with E-state index in [1.807, 2.05) is 31.3 Å². The molecular weight excluding hydrogens is 210 g/mol. The summed E-state index contributed by atoms with van der Waals surface area (Å²) in [7, 11) is 1.94. The Morgan fingerprint density at radius 3 is 2.53 bits per heavy atom. The molecule has 0 heterocycles. The molecule has 17 heavy (non-hydrogen) atoms.